The smallest absolute Gasteiger partial charge is 0.255 e. The van der Waals surface area contributed by atoms with Crippen molar-refractivity contribution in [3.8, 4) is 5.13 Å². The van der Waals surface area contributed by atoms with Gasteiger partial charge in [0, 0.05) is 16.9 Å². The van der Waals surface area contributed by atoms with Crippen LogP contribution in [0.15, 0.2) is 36.4 Å². The Hall–Kier alpha value is -2.99. The molecule has 142 valence electrons. The van der Waals surface area contributed by atoms with Gasteiger partial charge < -0.3 is 5.32 Å². The number of aromatic nitrogens is 3. The highest BCUT2D eigenvalue weighted by molar-refractivity contribution is 7.21. The lowest BCUT2D eigenvalue weighted by atomic mass is 10.1. The summed E-state index contributed by atoms with van der Waals surface area (Å²) >= 11 is 1.59. The number of nitrogens with zero attached hydrogens (tertiary/aromatic N) is 3. The standard InChI is InChI=1S/C22H22N4OS/c1-12-6-8-17(9-7-12)21(27)24-19-13(2)10-18-20(16(19)5)28-22(23-18)26-15(4)11-14(3)25-26/h6-11H,1-5H3,(H,24,27). The molecule has 0 saturated heterocycles. The second kappa shape index (κ2) is 6.87. The number of thiazole rings is 1. The van der Waals surface area contributed by atoms with Crippen molar-refractivity contribution < 1.29 is 4.79 Å². The van der Waals surface area contributed by atoms with Crippen molar-refractivity contribution in [2.24, 2.45) is 0 Å². The summed E-state index contributed by atoms with van der Waals surface area (Å²) < 4.78 is 2.94. The summed E-state index contributed by atoms with van der Waals surface area (Å²) in [6.07, 6.45) is 0. The highest BCUT2D eigenvalue weighted by Gasteiger charge is 2.17. The largest absolute Gasteiger partial charge is 0.321 e. The molecule has 0 bridgehead atoms. The maximum Gasteiger partial charge on any atom is 0.255 e. The highest BCUT2D eigenvalue weighted by atomic mass is 32.1. The van der Waals surface area contributed by atoms with Gasteiger partial charge in [-0.25, -0.2) is 9.67 Å². The van der Waals surface area contributed by atoms with Crippen LogP contribution in [0.3, 0.4) is 0 Å². The van der Waals surface area contributed by atoms with Gasteiger partial charge in [0.25, 0.3) is 5.91 Å². The van der Waals surface area contributed by atoms with E-state index in [-0.39, 0.29) is 5.91 Å². The lowest BCUT2D eigenvalue weighted by molar-refractivity contribution is 0.102. The number of carbonyl (C=O) groups excluding carboxylic acids is 1. The molecule has 6 heteroatoms. The quantitative estimate of drug-likeness (QED) is 0.518. The summed E-state index contributed by atoms with van der Waals surface area (Å²) in [4.78, 5) is 17.5. The monoisotopic (exact) mass is 390 g/mol. The van der Waals surface area contributed by atoms with Gasteiger partial charge in [0.05, 0.1) is 15.9 Å². The number of carbonyl (C=O) groups is 1. The van der Waals surface area contributed by atoms with Crippen LogP contribution < -0.4 is 5.32 Å². The summed E-state index contributed by atoms with van der Waals surface area (Å²) in [5.41, 5.74) is 7.60. The van der Waals surface area contributed by atoms with Crippen molar-refractivity contribution in [2.45, 2.75) is 34.6 Å². The minimum absolute atomic E-state index is 0.103. The van der Waals surface area contributed by atoms with E-state index in [9.17, 15) is 4.79 Å². The fourth-order valence-electron chi connectivity index (χ4n) is 3.37. The van der Waals surface area contributed by atoms with Crippen LogP contribution in [-0.4, -0.2) is 20.7 Å². The second-order valence-corrected chi connectivity index (χ2v) is 8.17. The number of aryl methyl sites for hydroxylation is 5. The Morgan fingerprint density at radius 3 is 2.39 bits per heavy atom. The van der Waals surface area contributed by atoms with E-state index in [4.69, 9.17) is 4.98 Å². The summed E-state index contributed by atoms with van der Waals surface area (Å²) in [6, 6.07) is 11.7. The molecule has 0 saturated carbocycles. The van der Waals surface area contributed by atoms with Crippen LogP contribution in [0.25, 0.3) is 15.3 Å². The molecule has 0 radical (unpaired) electrons. The van der Waals surface area contributed by atoms with Crippen LogP contribution >= 0.6 is 11.3 Å². The Morgan fingerprint density at radius 2 is 1.75 bits per heavy atom. The van der Waals surface area contributed by atoms with Crippen LogP contribution in [0.5, 0.6) is 0 Å². The van der Waals surface area contributed by atoms with E-state index in [1.807, 2.05) is 75.7 Å². The number of hydrogen-bond donors (Lipinski definition) is 1. The molecule has 28 heavy (non-hydrogen) atoms. The number of nitrogens with one attached hydrogen (secondary N) is 1. The Morgan fingerprint density at radius 1 is 1.04 bits per heavy atom. The zero-order valence-corrected chi connectivity index (χ0v) is 17.4. The third-order valence-corrected chi connectivity index (χ3v) is 6.01. The SMILES string of the molecule is Cc1ccc(C(=O)Nc2c(C)cc3nc(-n4nc(C)cc4C)sc3c2C)cc1. The molecule has 2 aromatic carbocycles. The fourth-order valence-corrected chi connectivity index (χ4v) is 4.43. The average Bonchev–Trinajstić information content (AvgIpc) is 3.21. The molecule has 0 aliphatic rings. The number of fused-ring (bicyclic) bond motifs is 1. The van der Waals surface area contributed by atoms with Crippen LogP contribution in [0.2, 0.25) is 0 Å². The topological polar surface area (TPSA) is 59.8 Å². The molecule has 0 atom stereocenters. The molecule has 1 amide bonds. The first-order valence-electron chi connectivity index (χ1n) is 9.16. The van der Waals surface area contributed by atoms with Crippen LogP contribution in [0.1, 0.15) is 38.4 Å². The predicted octanol–water partition coefficient (Wildman–Crippen LogP) is 5.28. The van der Waals surface area contributed by atoms with Gasteiger partial charge >= 0.3 is 0 Å². The molecule has 0 unspecified atom stereocenters. The van der Waals surface area contributed by atoms with Gasteiger partial charge in [0.1, 0.15) is 0 Å². The molecular weight excluding hydrogens is 368 g/mol. The Balaban J connectivity index is 1.74. The summed E-state index contributed by atoms with van der Waals surface area (Å²) in [5.74, 6) is -0.103. The molecule has 4 aromatic rings. The Kier molecular flexibility index (Phi) is 4.51. The molecule has 0 spiro atoms. The average molecular weight is 391 g/mol. The molecule has 0 aliphatic carbocycles. The maximum absolute atomic E-state index is 12.7. The zero-order valence-electron chi connectivity index (χ0n) is 16.6. The van der Waals surface area contributed by atoms with E-state index >= 15 is 0 Å². The number of hydrogen-bond acceptors (Lipinski definition) is 4. The molecular formula is C22H22N4OS. The first-order chi connectivity index (χ1) is 13.3. The van der Waals surface area contributed by atoms with Crippen LogP contribution in [-0.2, 0) is 0 Å². The van der Waals surface area contributed by atoms with E-state index < -0.39 is 0 Å². The molecule has 2 aromatic heterocycles. The van der Waals surface area contributed by atoms with Crippen molar-refractivity contribution in [1.29, 1.82) is 0 Å². The molecule has 4 rings (SSSR count). The van der Waals surface area contributed by atoms with Crippen molar-refractivity contribution in [1.82, 2.24) is 14.8 Å². The highest BCUT2D eigenvalue weighted by Crippen LogP contribution is 2.35. The van der Waals surface area contributed by atoms with Gasteiger partial charge in [0.15, 0.2) is 0 Å². The van der Waals surface area contributed by atoms with E-state index in [1.165, 1.54) is 0 Å². The molecule has 0 aliphatic heterocycles. The molecule has 2 heterocycles. The molecule has 1 N–H and O–H groups in total. The molecule has 0 fully saturated rings. The fraction of sp³-hybridized carbons (Fsp3) is 0.227. The van der Waals surface area contributed by atoms with Gasteiger partial charge in [-0.15, -0.1) is 0 Å². The van der Waals surface area contributed by atoms with E-state index in [2.05, 4.69) is 10.4 Å². The van der Waals surface area contributed by atoms with Gasteiger partial charge in [-0.2, -0.15) is 5.10 Å². The minimum Gasteiger partial charge on any atom is -0.321 e. The van der Waals surface area contributed by atoms with Gasteiger partial charge in [0.2, 0.25) is 5.13 Å². The van der Waals surface area contributed by atoms with Crippen molar-refractivity contribution in [3.63, 3.8) is 0 Å². The lowest BCUT2D eigenvalue weighted by Crippen LogP contribution is -2.13. The van der Waals surface area contributed by atoms with E-state index in [0.29, 0.717) is 5.56 Å². The predicted molar refractivity (Wildman–Crippen MR) is 115 cm³/mol. The van der Waals surface area contributed by atoms with Crippen LogP contribution in [0, 0.1) is 34.6 Å². The summed E-state index contributed by atoms with van der Waals surface area (Å²) in [5, 5.41) is 8.47. The number of rotatable bonds is 3. The number of amides is 1. The molecule has 5 nitrogen and oxygen atoms in total. The number of benzene rings is 2. The first kappa shape index (κ1) is 18.4. The summed E-state index contributed by atoms with van der Waals surface area (Å²) in [6.45, 7) is 10.0. The normalized spacial score (nSPS) is 11.2. The third-order valence-electron chi connectivity index (χ3n) is 4.85. The van der Waals surface area contributed by atoms with Crippen molar-refractivity contribution in [2.75, 3.05) is 5.32 Å². The van der Waals surface area contributed by atoms with E-state index in [0.717, 1.165) is 49.1 Å². The zero-order chi connectivity index (χ0) is 20.0. The van der Waals surface area contributed by atoms with Gasteiger partial charge in [-0.1, -0.05) is 29.0 Å². The van der Waals surface area contributed by atoms with Gasteiger partial charge in [-0.05, 0) is 70.0 Å². The van der Waals surface area contributed by atoms with Crippen molar-refractivity contribution >= 4 is 33.1 Å². The maximum atomic E-state index is 12.7. The Bertz CT molecular complexity index is 1200. The van der Waals surface area contributed by atoms with Gasteiger partial charge in [-0.3, -0.25) is 4.79 Å². The van der Waals surface area contributed by atoms with Crippen molar-refractivity contribution in [3.05, 3.63) is 70.0 Å². The number of anilines is 1. The minimum atomic E-state index is -0.103. The lowest BCUT2D eigenvalue weighted by Gasteiger charge is -2.12. The second-order valence-electron chi connectivity index (χ2n) is 7.20. The third kappa shape index (κ3) is 3.20. The van der Waals surface area contributed by atoms with Crippen LogP contribution in [0.4, 0.5) is 5.69 Å². The first-order valence-corrected chi connectivity index (χ1v) is 9.97. The van der Waals surface area contributed by atoms with E-state index in [1.54, 1.807) is 11.3 Å². The summed E-state index contributed by atoms with van der Waals surface area (Å²) in [7, 11) is 0. The Labute approximate surface area is 168 Å².